The zero-order chi connectivity index (χ0) is 25.6. The molecule has 4 aromatic carbocycles. The molecule has 5 rings (SSSR count). The number of carbonyl (C=O) groups excluding carboxylic acids is 2. The lowest BCUT2D eigenvalue weighted by atomic mass is 10.1. The molecule has 0 aliphatic carbocycles. The Kier molecular flexibility index (Phi) is 7.38. The monoisotopic (exact) mass is 512 g/mol. The van der Waals surface area contributed by atoms with Crippen LogP contribution in [0.2, 0.25) is 5.02 Å². The molecule has 1 heterocycles. The molecule has 37 heavy (non-hydrogen) atoms. The number of carbonyl (C=O) groups is 2. The molecular weight excluding hydrogens is 488 g/mol. The fourth-order valence-electron chi connectivity index (χ4n) is 4.13. The molecule has 0 spiro atoms. The van der Waals surface area contributed by atoms with E-state index in [2.05, 4.69) is 5.32 Å². The van der Waals surface area contributed by atoms with E-state index in [1.54, 1.807) is 29.2 Å². The molecule has 0 unspecified atom stereocenters. The lowest BCUT2D eigenvalue weighted by molar-refractivity contribution is -0.120. The fourth-order valence-corrected chi connectivity index (χ4v) is 4.25. The highest BCUT2D eigenvalue weighted by atomic mass is 35.5. The highest BCUT2D eigenvalue weighted by molar-refractivity contribution is 6.30. The number of rotatable bonds is 8. The minimum absolute atomic E-state index is 0.117. The summed E-state index contributed by atoms with van der Waals surface area (Å²) in [6.45, 7) is 0.982. The Labute approximate surface area is 220 Å². The molecule has 0 radical (unpaired) electrons. The van der Waals surface area contributed by atoms with E-state index in [9.17, 15) is 9.59 Å². The molecule has 4 aromatic rings. The molecule has 0 atom stereocenters. The van der Waals surface area contributed by atoms with E-state index in [0.29, 0.717) is 40.9 Å². The van der Waals surface area contributed by atoms with E-state index in [4.69, 9.17) is 21.1 Å². The van der Waals surface area contributed by atoms with Gasteiger partial charge in [0.1, 0.15) is 0 Å². The summed E-state index contributed by atoms with van der Waals surface area (Å²) in [5.74, 6) is 1.13. The fraction of sp³-hybridized carbons (Fsp3) is 0.133. The van der Waals surface area contributed by atoms with E-state index < -0.39 is 0 Å². The van der Waals surface area contributed by atoms with Crippen molar-refractivity contribution in [2.45, 2.75) is 19.5 Å². The largest absolute Gasteiger partial charge is 0.454 e. The van der Waals surface area contributed by atoms with Crippen LogP contribution in [0.1, 0.15) is 27.0 Å². The van der Waals surface area contributed by atoms with Crippen LogP contribution in [0.4, 0.5) is 5.69 Å². The van der Waals surface area contributed by atoms with E-state index in [1.165, 1.54) is 0 Å². The van der Waals surface area contributed by atoms with Gasteiger partial charge in [0.15, 0.2) is 11.5 Å². The molecule has 0 aromatic heterocycles. The molecule has 7 heteroatoms. The number of fused-ring (bicyclic) bond motifs is 1. The average molecular weight is 513 g/mol. The first kappa shape index (κ1) is 24.4. The van der Waals surface area contributed by atoms with Crippen molar-refractivity contribution in [2.75, 3.05) is 11.7 Å². The van der Waals surface area contributed by atoms with E-state index in [0.717, 1.165) is 16.7 Å². The van der Waals surface area contributed by atoms with Crippen molar-refractivity contribution >= 4 is 29.1 Å². The Morgan fingerprint density at radius 2 is 1.54 bits per heavy atom. The first-order valence-corrected chi connectivity index (χ1v) is 12.3. The molecule has 1 aliphatic heterocycles. The highest BCUT2D eigenvalue weighted by Gasteiger charge is 2.19. The highest BCUT2D eigenvalue weighted by Crippen LogP contribution is 2.32. The Bertz CT molecular complexity index is 1410. The van der Waals surface area contributed by atoms with E-state index >= 15 is 0 Å². The summed E-state index contributed by atoms with van der Waals surface area (Å²) in [6.07, 6.45) is 0.187. The van der Waals surface area contributed by atoms with Crippen LogP contribution in [-0.2, 0) is 24.3 Å². The second-order valence-corrected chi connectivity index (χ2v) is 9.13. The van der Waals surface area contributed by atoms with Gasteiger partial charge in [-0.25, -0.2) is 0 Å². The molecule has 1 aliphatic rings. The summed E-state index contributed by atoms with van der Waals surface area (Å²) < 4.78 is 10.7. The zero-order valence-corrected chi connectivity index (χ0v) is 20.8. The van der Waals surface area contributed by atoms with Crippen molar-refractivity contribution < 1.29 is 19.1 Å². The third-order valence-electron chi connectivity index (χ3n) is 6.03. The molecular formula is C30H25ClN2O4. The summed E-state index contributed by atoms with van der Waals surface area (Å²) in [7, 11) is 0. The maximum absolute atomic E-state index is 13.5. The topological polar surface area (TPSA) is 67.9 Å². The normalized spacial score (nSPS) is 11.7. The van der Waals surface area contributed by atoms with Crippen LogP contribution in [0.15, 0.2) is 97.1 Å². The standard InChI is InChI=1S/C30H25ClN2O4/c31-25-12-10-24(11-13-25)30(35)33(19-21-5-2-1-3-6-21)26-8-4-7-22(15-26)17-29(34)32-18-23-9-14-27-28(16-23)37-20-36-27/h1-16H,17-20H2,(H,32,34). The van der Waals surface area contributed by atoms with Gasteiger partial charge < -0.3 is 19.7 Å². The molecule has 0 fully saturated rings. The van der Waals surface area contributed by atoms with Gasteiger partial charge in [-0.1, -0.05) is 60.1 Å². The Morgan fingerprint density at radius 1 is 0.784 bits per heavy atom. The summed E-state index contributed by atoms with van der Waals surface area (Å²) in [5, 5.41) is 3.52. The first-order valence-electron chi connectivity index (χ1n) is 11.9. The van der Waals surface area contributed by atoms with Gasteiger partial charge in [0.05, 0.1) is 13.0 Å². The number of nitrogens with zero attached hydrogens (tertiary/aromatic N) is 1. The Balaban J connectivity index is 1.31. The number of hydrogen-bond donors (Lipinski definition) is 1. The van der Waals surface area contributed by atoms with Crippen LogP contribution in [0.25, 0.3) is 0 Å². The number of hydrogen-bond acceptors (Lipinski definition) is 4. The smallest absolute Gasteiger partial charge is 0.258 e. The van der Waals surface area contributed by atoms with Gasteiger partial charge in [0.25, 0.3) is 5.91 Å². The van der Waals surface area contributed by atoms with Gasteiger partial charge in [0.2, 0.25) is 12.7 Å². The molecule has 1 N–H and O–H groups in total. The third kappa shape index (κ3) is 6.11. The van der Waals surface area contributed by atoms with Crippen LogP contribution >= 0.6 is 11.6 Å². The summed E-state index contributed by atoms with van der Waals surface area (Å²) >= 11 is 6.03. The molecule has 0 saturated carbocycles. The van der Waals surface area contributed by atoms with Crippen LogP contribution in [0, 0.1) is 0 Å². The maximum Gasteiger partial charge on any atom is 0.258 e. The van der Waals surface area contributed by atoms with Gasteiger partial charge >= 0.3 is 0 Å². The minimum atomic E-state index is -0.148. The van der Waals surface area contributed by atoms with Crippen molar-refractivity contribution in [1.29, 1.82) is 0 Å². The number of benzene rings is 4. The lowest BCUT2D eigenvalue weighted by Gasteiger charge is -2.24. The predicted octanol–water partition coefficient (Wildman–Crippen LogP) is 5.77. The number of ether oxygens (including phenoxy) is 2. The summed E-state index contributed by atoms with van der Waals surface area (Å²) in [4.78, 5) is 28.0. The lowest BCUT2D eigenvalue weighted by Crippen LogP contribution is -2.30. The van der Waals surface area contributed by atoms with Crippen LogP contribution in [0.5, 0.6) is 11.5 Å². The van der Waals surface area contributed by atoms with Crippen molar-refractivity contribution in [1.82, 2.24) is 5.32 Å². The summed E-state index contributed by atoms with van der Waals surface area (Å²) in [5.41, 5.74) is 3.98. The Hall–Kier alpha value is -4.29. The van der Waals surface area contributed by atoms with Crippen LogP contribution in [-0.4, -0.2) is 18.6 Å². The third-order valence-corrected chi connectivity index (χ3v) is 6.29. The van der Waals surface area contributed by atoms with Gasteiger partial charge in [-0.2, -0.15) is 0 Å². The molecule has 186 valence electrons. The number of amides is 2. The first-order chi connectivity index (χ1) is 18.0. The second-order valence-electron chi connectivity index (χ2n) is 8.69. The Morgan fingerprint density at radius 3 is 2.35 bits per heavy atom. The average Bonchev–Trinajstić information content (AvgIpc) is 3.39. The molecule has 2 amide bonds. The molecule has 6 nitrogen and oxygen atoms in total. The van der Waals surface area contributed by atoms with Gasteiger partial charge in [0, 0.05) is 22.8 Å². The molecule has 0 bridgehead atoms. The number of anilines is 1. The van der Waals surface area contributed by atoms with Gasteiger partial charge in [-0.05, 0) is 65.2 Å². The second kappa shape index (κ2) is 11.2. The SMILES string of the molecule is O=C(Cc1cccc(N(Cc2ccccc2)C(=O)c2ccc(Cl)cc2)c1)NCc1ccc2c(c1)OCO2. The van der Waals surface area contributed by atoms with Gasteiger partial charge in [-0.15, -0.1) is 0 Å². The zero-order valence-electron chi connectivity index (χ0n) is 20.0. The number of nitrogens with one attached hydrogen (secondary N) is 1. The van der Waals surface area contributed by atoms with E-state index in [-0.39, 0.29) is 25.0 Å². The quantitative estimate of drug-likeness (QED) is 0.325. The van der Waals surface area contributed by atoms with Gasteiger partial charge in [-0.3, -0.25) is 9.59 Å². The van der Waals surface area contributed by atoms with Crippen LogP contribution in [0.3, 0.4) is 0 Å². The van der Waals surface area contributed by atoms with Crippen molar-refractivity contribution in [3.8, 4) is 11.5 Å². The van der Waals surface area contributed by atoms with E-state index in [1.807, 2.05) is 72.8 Å². The predicted molar refractivity (Wildman–Crippen MR) is 143 cm³/mol. The van der Waals surface area contributed by atoms with Crippen molar-refractivity contribution in [3.63, 3.8) is 0 Å². The summed E-state index contributed by atoms with van der Waals surface area (Å²) in [6, 6.07) is 29.8. The van der Waals surface area contributed by atoms with Crippen molar-refractivity contribution in [2.24, 2.45) is 0 Å². The molecule has 0 saturated heterocycles. The van der Waals surface area contributed by atoms with Crippen LogP contribution < -0.4 is 19.7 Å². The minimum Gasteiger partial charge on any atom is -0.454 e. The maximum atomic E-state index is 13.5. The van der Waals surface area contributed by atoms with Crippen molar-refractivity contribution in [3.05, 3.63) is 124 Å². The number of halogens is 1.